The number of hydrogen-bond donors (Lipinski definition) is 0. The number of benzene rings is 2. The SMILES string of the molecule is CC(=O)N(C)c1ccc(OCCCN2CCC(c3noc4cc(F)ccc34)CC2)cc1. The van der Waals surface area contributed by atoms with Crippen molar-refractivity contribution in [1.82, 2.24) is 10.1 Å². The van der Waals surface area contributed by atoms with E-state index >= 15 is 0 Å². The molecule has 0 bridgehead atoms. The van der Waals surface area contributed by atoms with E-state index in [9.17, 15) is 9.18 Å². The lowest BCUT2D eigenvalue weighted by molar-refractivity contribution is -0.116. The number of amides is 1. The number of aromatic nitrogens is 1. The first kappa shape index (κ1) is 21.3. The number of halogens is 1. The number of piperidine rings is 1. The normalized spacial score (nSPS) is 15.3. The number of anilines is 1. The summed E-state index contributed by atoms with van der Waals surface area (Å²) in [6.45, 7) is 5.20. The molecule has 7 heteroatoms. The molecule has 1 aromatic heterocycles. The molecular formula is C24H28FN3O3. The molecular weight excluding hydrogens is 397 g/mol. The van der Waals surface area contributed by atoms with Gasteiger partial charge in [-0.25, -0.2) is 4.39 Å². The third-order valence-corrected chi connectivity index (χ3v) is 6.02. The molecule has 0 N–H and O–H groups in total. The van der Waals surface area contributed by atoms with Crippen LogP contribution in [0.3, 0.4) is 0 Å². The van der Waals surface area contributed by atoms with Crippen LogP contribution in [0.2, 0.25) is 0 Å². The molecule has 4 rings (SSSR count). The van der Waals surface area contributed by atoms with Gasteiger partial charge in [-0.3, -0.25) is 4.79 Å². The summed E-state index contributed by atoms with van der Waals surface area (Å²) < 4.78 is 24.5. The molecule has 2 heterocycles. The van der Waals surface area contributed by atoms with Crippen molar-refractivity contribution in [2.75, 3.05) is 38.2 Å². The van der Waals surface area contributed by atoms with Crippen LogP contribution < -0.4 is 9.64 Å². The van der Waals surface area contributed by atoms with Gasteiger partial charge in [-0.2, -0.15) is 0 Å². The van der Waals surface area contributed by atoms with Crippen molar-refractivity contribution in [3.63, 3.8) is 0 Å². The minimum absolute atomic E-state index is 0.00285. The smallest absolute Gasteiger partial charge is 0.223 e. The quantitative estimate of drug-likeness (QED) is 0.518. The van der Waals surface area contributed by atoms with Crippen molar-refractivity contribution >= 4 is 22.6 Å². The molecule has 3 aromatic rings. The van der Waals surface area contributed by atoms with E-state index in [1.165, 1.54) is 12.1 Å². The summed E-state index contributed by atoms with van der Waals surface area (Å²) in [6.07, 6.45) is 2.99. The molecule has 6 nitrogen and oxygen atoms in total. The number of hydrogen-bond acceptors (Lipinski definition) is 5. The monoisotopic (exact) mass is 425 g/mol. The zero-order chi connectivity index (χ0) is 21.8. The van der Waals surface area contributed by atoms with Crippen molar-refractivity contribution < 1.29 is 18.4 Å². The molecule has 0 saturated carbocycles. The lowest BCUT2D eigenvalue weighted by atomic mass is 9.91. The van der Waals surface area contributed by atoms with E-state index in [1.54, 1.807) is 24.9 Å². The third kappa shape index (κ3) is 5.05. The van der Waals surface area contributed by atoms with Crippen LogP contribution in [0.15, 0.2) is 47.0 Å². The molecule has 1 amide bonds. The van der Waals surface area contributed by atoms with Crippen LogP contribution in [0.4, 0.5) is 10.1 Å². The van der Waals surface area contributed by atoms with Crippen molar-refractivity contribution in [2.24, 2.45) is 0 Å². The predicted molar refractivity (Wildman–Crippen MR) is 118 cm³/mol. The van der Waals surface area contributed by atoms with E-state index in [0.29, 0.717) is 18.1 Å². The second-order valence-electron chi connectivity index (χ2n) is 8.10. The number of carbonyl (C=O) groups excluding carboxylic acids is 1. The van der Waals surface area contributed by atoms with Crippen LogP contribution >= 0.6 is 0 Å². The first-order valence-electron chi connectivity index (χ1n) is 10.8. The highest BCUT2D eigenvalue weighted by atomic mass is 19.1. The molecule has 1 fully saturated rings. The number of fused-ring (bicyclic) bond motifs is 1. The maximum atomic E-state index is 13.4. The summed E-state index contributed by atoms with van der Waals surface area (Å²) in [6, 6.07) is 12.2. The maximum Gasteiger partial charge on any atom is 0.223 e. The van der Waals surface area contributed by atoms with Crippen LogP contribution in [-0.4, -0.2) is 49.3 Å². The van der Waals surface area contributed by atoms with E-state index < -0.39 is 0 Å². The zero-order valence-corrected chi connectivity index (χ0v) is 18.0. The summed E-state index contributed by atoms with van der Waals surface area (Å²) in [5, 5.41) is 5.14. The summed E-state index contributed by atoms with van der Waals surface area (Å²) >= 11 is 0. The van der Waals surface area contributed by atoms with Gasteiger partial charge in [-0.15, -0.1) is 0 Å². The van der Waals surface area contributed by atoms with Crippen molar-refractivity contribution in [3.8, 4) is 5.75 Å². The molecule has 164 valence electrons. The molecule has 1 aliphatic rings. The minimum Gasteiger partial charge on any atom is -0.494 e. The minimum atomic E-state index is -0.299. The molecule has 2 aromatic carbocycles. The summed E-state index contributed by atoms with van der Waals surface area (Å²) in [7, 11) is 1.76. The van der Waals surface area contributed by atoms with Gasteiger partial charge < -0.3 is 19.1 Å². The summed E-state index contributed by atoms with van der Waals surface area (Å²) in [5.41, 5.74) is 2.33. The lowest BCUT2D eigenvalue weighted by Gasteiger charge is -2.31. The Hall–Kier alpha value is -2.93. The Balaban J connectivity index is 1.20. The number of likely N-dealkylation sites (tertiary alicyclic amines) is 1. The van der Waals surface area contributed by atoms with E-state index in [2.05, 4.69) is 10.1 Å². The highest BCUT2D eigenvalue weighted by molar-refractivity contribution is 5.90. The van der Waals surface area contributed by atoms with Gasteiger partial charge >= 0.3 is 0 Å². The maximum absolute atomic E-state index is 13.4. The van der Waals surface area contributed by atoms with Crippen LogP contribution in [0.25, 0.3) is 11.0 Å². The van der Waals surface area contributed by atoms with Gasteiger partial charge in [0, 0.05) is 43.6 Å². The molecule has 1 aliphatic heterocycles. The fourth-order valence-electron chi connectivity index (χ4n) is 4.08. The largest absolute Gasteiger partial charge is 0.494 e. The van der Waals surface area contributed by atoms with Crippen LogP contribution in [0, 0.1) is 5.82 Å². The molecule has 0 spiro atoms. The van der Waals surface area contributed by atoms with Gasteiger partial charge in [0.2, 0.25) is 5.91 Å². The van der Waals surface area contributed by atoms with Crippen molar-refractivity contribution in [1.29, 1.82) is 0 Å². The third-order valence-electron chi connectivity index (χ3n) is 6.02. The second kappa shape index (κ2) is 9.47. The van der Waals surface area contributed by atoms with Crippen LogP contribution in [-0.2, 0) is 4.79 Å². The van der Waals surface area contributed by atoms with E-state index in [1.807, 2.05) is 24.3 Å². The Morgan fingerprint density at radius 3 is 2.68 bits per heavy atom. The first-order valence-corrected chi connectivity index (χ1v) is 10.8. The van der Waals surface area contributed by atoms with E-state index in [0.717, 1.165) is 61.4 Å². The van der Waals surface area contributed by atoms with Crippen LogP contribution in [0.1, 0.15) is 37.8 Å². The Bertz CT molecular complexity index is 1030. The molecule has 0 radical (unpaired) electrons. The van der Waals surface area contributed by atoms with Crippen LogP contribution in [0.5, 0.6) is 5.75 Å². The average molecular weight is 426 g/mol. The highest BCUT2D eigenvalue weighted by Gasteiger charge is 2.25. The second-order valence-corrected chi connectivity index (χ2v) is 8.10. The average Bonchev–Trinajstić information content (AvgIpc) is 3.20. The number of ether oxygens (including phenoxy) is 1. The van der Waals surface area contributed by atoms with Gasteiger partial charge in [-0.05, 0) is 68.8 Å². The fraction of sp³-hybridized carbons (Fsp3) is 0.417. The van der Waals surface area contributed by atoms with E-state index in [4.69, 9.17) is 9.26 Å². The molecule has 0 aliphatic carbocycles. The highest BCUT2D eigenvalue weighted by Crippen LogP contribution is 2.32. The Kier molecular flexibility index (Phi) is 6.51. The number of rotatable bonds is 7. The standard InChI is InChI=1S/C24H28FN3O3/c1-17(29)27(2)20-5-7-21(8-6-20)30-15-3-12-28-13-10-18(11-14-28)24-22-9-4-19(25)16-23(22)31-26-24/h4-9,16,18H,3,10-15H2,1-2H3. The van der Waals surface area contributed by atoms with Gasteiger partial charge in [0.15, 0.2) is 5.58 Å². The Morgan fingerprint density at radius 2 is 1.97 bits per heavy atom. The molecule has 0 unspecified atom stereocenters. The lowest BCUT2D eigenvalue weighted by Crippen LogP contribution is -2.34. The first-order chi connectivity index (χ1) is 15.0. The number of nitrogens with zero attached hydrogens (tertiary/aromatic N) is 3. The zero-order valence-electron chi connectivity index (χ0n) is 18.0. The molecule has 31 heavy (non-hydrogen) atoms. The predicted octanol–water partition coefficient (Wildman–Crippen LogP) is 4.60. The topological polar surface area (TPSA) is 58.8 Å². The van der Waals surface area contributed by atoms with E-state index in [-0.39, 0.29) is 11.7 Å². The fourth-order valence-corrected chi connectivity index (χ4v) is 4.08. The Labute approximate surface area is 181 Å². The van der Waals surface area contributed by atoms with Gasteiger partial charge in [-0.1, -0.05) is 5.16 Å². The molecule has 1 saturated heterocycles. The number of carbonyl (C=O) groups is 1. The van der Waals surface area contributed by atoms with Crippen molar-refractivity contribution in [2.45, 2.75) is 32.1 Å². The molecule has 0 atom stereocenters. The Morgan fingerprint density at radius 1 is 1.23 bits per heavy atom. The van der Waals surface area contributed by atoms with Gasteiger partial charge in [0.1, 0.15) is 11.6 Å². The van der Waals surface area contributed by atoms with Gasteiger partial charge in [0.05, 0.1) is 12.3 Å². The summed E-state index contributed by atoms with van der Waals surface area (Å²) in [5.74, 6) is 0.870. The van der Waals surface area contributed by atoms with Gasteiger partial charge in [0.25, 0.3) is 0 Å². The van der Waals surface area contributed by atoms with Crippen molar-refractivity contribution in [3.05, 3.63) is 54.0 Å². The summed E-state index contributed by atoms with van der Waals surface area (Å²) in [4.78, 5) is 15.5.